The highest BCUT2D eigenvalue weighted by Crippen LogP contribution is 2.21. The molecule has 0 heterocycles. The number of hydrogen-bond donors (Lipinski definition) is 1. The molecule has 0 atom stereocenters. The number of hydrogen-bond acceptors (Lipinski definition) is 3. The van der Waals surface area contributed by atoms with E-state index in [4.69, 9.17) is 5.11 Å². The minimum atomic E-state index is -4.56. The lowest BCUT2D eigenvalue weighted by atomic mass is 10.7. The van der Waals surface area contributed by atoms with Crippen molar-refractivity contribution in [2.75, 3.05) is 19.8 Å². The summed E-state index contributed by atoms with van der Waals surface area (Å²) >= 11 is 0. The van der Waals surface area contributed by atoms with E-state index in [-0.39, 0.29) is 0 Å². The Kier molecular flexibility index (Phi) is 8.87. The van der Waals surface area contributed by atoms with Crippen LogP contribution in [0.15, 0.2) is 0 Å². The lowest BCUT2D eigenvalue weighted by molar-refractivity contribution is -0.171. The van der Waals surface area contributed by atoms with Crippen molar-refractivity contribution in [2.45, 2.75) is 31.6 Å². The maximum atomic E-state index is 11.7. The fraction of sp³-hybridized carbons (Fsp3) is 1.00. The number of alkyl halides is 9. The van der Waals surface area contributed by atoms with Crippen LogP contribution in [0.2, 0.25) is 13.1 Å². The first-order chi connectivity index (χ1) is 8.97. The van der Waals surface area contributed by atoms with E-state index < -0.39 is 46.9 Å². The number of aliphatic hydroxyl groups excluding tert-OH is 1. The van der Waals surface area contributed by atoms with Gasteiger partial charge < -0.3 is 14.0 Å². The first kappa shape index (κ1) is 22.7. The molecule has 0 fully saturated rings. The third-order valence-electron chi connectivity index (χ3n) is 1.35. The van der Waals surface area contributed by atoms with Crippen molar-refractivity contribution in [3.8, 4) is 0 Å². The molecule has 1 N–H and O–H groups in total. The lowest BCUT2D eigenvalue weighted by Gasteiger charge is -2.24. The van der Waals surface area contributed by atoms with Gasteiger partial charge in [0.1, 0.15) is 19.8 Å². The van der Waals surface area contributed by atoms with Gasteiger partial charge in [0.05, 0.1) is 0 Å². The average molecular weight is 356 g/mol. The second-order valence-corrected chi connectivity index (χ2v) is 7.36. The standard InChI is InChI=1S/C6H10F6O2Si.C2H3F3O/c1-15(2,13-3-5(7,8)9)14-4-6(10,11)12;3-2(4,5)1-6/h3-4H2,1-2H3;6H,1H2. The summed E-state index contributed by atoms with van der Waals surface area (Å²) in [6.45, 7) is -2.68. The first-order valence-electron chi connectivity index (χ1n) is 5.06. The van der Waals surface area contributed by atoms with Crippen LogP contribution in [-0.2, 0) is 8.85 Å². The second-order valence-electron chi connectivity index (χ2n) is 3.98. The highest BCUT2D eigenvalue weighted by Gasteiger charge is 2.37. The van der Waals surface area contributed by atoms with Crippen molar-refractivity contribution in [3.05, 3.63) is 0 Å². The maximum Gasteiger partial charge on any atom is 0.411 e. The summed E-state index contributed by atoms with van der Waals surface area (Å²) in [6, 6.07) is 0. The summed E-state index contributed by atoms with van der Waals surface area (Å²) in [6.07, 6.45) is -13.5. The average Bonchev–Trinajstić information content (AvgIpc) is 2.22. The summed E-state index contributed by atoms with van der Waals surface area (Å²) in [5, 5.41) is 7.28. The van der Waals surface area contributed by atoms with E-state index in [1.54, 1.807) is 0 Å². The molecule has 0 spiro atoms. The van der Waals surface area contributed by atoms with E-state index in [1.807, 2.05) is 0 Å². The normalized spacial score (nSPS) is 13.7. The molecule has 0 aliphatic heterocycles. The molecular weight excluding hydrogens is 343 g/mol. The fourth-order valence-electron chi connectivity index (χ4n) is 0.553. The molecule has 0 saturated carbocycles. The molecule has 0 aliphatic rings. The van der Waals surface area contributed by atoms with Crippen molar-refractivity contribution < 1.29 is 53.5 Å². The van der Waals surface area contributed by atoms with E-state index in [2.05, 4.69) is 8.85 Å². The van der Waals surface area contributed by atoms with Gasteiger partial charge >= 0.3 is 27.1 Å². The van der Waals surface area contributed by atoms with E-state index in [1.165, 1.54) is 0 Å². The van der Waals surface area contributed by atoms with E-state index >= 15 is 0 Å². The molecule has 13 heteroatoms. The number of halogens is 9. The quantitative estimate of drug-likeness (QED) is 0.620. The maximum absolute atomic E-state index is 11.7. The molecule has 21 heavy (non-hydrogen) atoms. The Labute approximate surface area is 114 Å². The predicted octanol–water partition coefficient (Wildman–Crippen LogP) is 3.39. The van der Waals surface area contributed by atoms with Crippen LogP contribution < -0.4 is 0 Å². The van der Waals surface area contributed by atoms with Crippen LogP contribution in [0.1, 0.15) is 0 Å². The second kappa shape index (κ2) is 8.19. The Morgan fingerprint density at radius 3 is 1.10 bits per heavy atom. The van der Waals surface area contributed by atoms with Crippen LogP contribution in [-0.4, -0.2) is 52.0 Å². The van der Waals surface area contributed by atoms with E-state index in [0.29, 0.717) is 0 Å². The van der Waals surface area contributed by atoms with Gasteiger partial charge in [0.15, 0.2) is 0 Å². The molecule has 0 saturated heterocycles. The van der Waals surface area contributed by atoms with Crippen molar-refractivity contribution in [3.63, 3.8) is 0 Å². The largest absolute Gasteiger partial charge is 0.411 e. The molecule has 0 rings (SSSR count). The predicted molar refractivity (Wildman–Crippen MR) is 54.6 cm³/mol. The van der Waals surface area contributed by atoms with Crippen LogP contribution in [0.25, 0.3) is 0 Å². The molecule has 130 valence electrons. The van der Waals surface area contributed by atoms with Gasteiger partial charge in [-0.25, -0.2) is 0 Å². The molecule has 0 bridgehead atoms. The molecule has 3 nitrogen and oxygen atoms in total. The van der Waals surface area contributed by atoms with Gasteiger partial charge in [-0.15, -0.1) is 0 Å². The zero-order valence-corrected chi connectivity index (χ0v) is 11.8. The first-order valence-corrected chi connectivity index (χ1v) is 7.88. The summed E-state index contributed by atoms with van der Waals surface area (Å²) in [7, 11) is -3.36. The molecule has 0 aromatic carbocycles. The van der Waals surface area contributed by atoms with Crippen molar-refractivity contribution in [1.82, 2.24) is 0 Å². The zero-order chi connectivity index (χ0) is 17.5. The zero-order valence-electron chi connectivity index (χ0n) is 10.8. The van der Waals surface area contributed by atoms with Crippen molar-refractivity contribution in [2.24, 2.45) is 0 Å². The molecule has 0 aromatic heterocycles. The van der Waals surface area contributed by atoms with Crippen LogP contribution in [0.4, 0.5) is 39.5 Å². The third-order valence-corrected chi connectivity index (χ3v) is 3.03. The van der Waals surface area contributed by atoms with Crippen LogP contribution in [0.3, 0.4) is 0 Å². The molecular formula is C8H13F9O3Si. The van der Waals surface area contributed by atoms with Crippen LogP contribution >= 0.6 is 0 Å². The molecule has 0 radical (unpaired) electrons. The Morgan fingerprint density at radius 1 is 0.714 bits per heavy atom. The third kappa shape index (κ3) is 21.9. The van der Waals surface area contributed by atoms with Gasteiger partial charge in [-0.05, 0) is 13.1 Å². The summed E-state index contributed by atoms with van der Waals surface area (Å²) in [4.78, 5) is 0. The SMILES string of the molecule is C[Si](C)(OCC(F)(F)F)OCC(F)(F)F.OCC(F)(F)F. The Morgan fingerprint density at radius 2 is 0.952 bits per heavy atom. The smallest absolute Gasteiger partial charge is 0.387 e. The van der Waals surface area contributed by atoms with E-state index in [0.717, 1.165) is 13.1 Å². The Balaban J connectivity index is 0. The summed E-state index contributed by atoms with van der Waals surface area (Å²) in [5.41, 5.74) is 0. The minimum absolute atomic E-state index is 1.12. The summed E-state index contributed by atoms with van der Waals surface area (Å²) in [5.74, 6) is 0. The van der Waals surface area contributed by atoms with Crippen molar-refractivity contribution >= 4 is 8.56 Å². The van der Waals surface area contributed by atoms with Gasteiger partial charge in [0, 0.05) is 0 Å². The molecule has 0 aliphatic carbocycles. The Bertz CT molecular complexity index is 264. The van der Waals surface area contributed by atoms with Crippen LogP contribution in [0.5, 0.6) is 0 Å². The van der Waals surface area contributed by atoms with Gasteiger partial charge in [-0.1, -0.05) is 0 Å². The van der Waals surface area contributed by atoms with Gasteiger partial charge in [0.25, 0.3) is 0 Å². The van der Waals surface area contributed by atoms with E-state index in [9.17, 15) is 39.5 Å². The summed E-state index contributed by atoms with van der Waals surface area (Å²) < 4.78 is 110. The van der Waals surface area contributed by atoms with Gasteiger partial charge in [0.2, 0.25) is 0 Å². The highest BCUT2D eigenvalue weighted by molar-refractivity contribution is 6.64. The fourth-order valence-corrected chi connectivity index (χ4v) is 1.66. The molecule has 0 unspecified atom stereocenters. The monoisotopic (exact) mass is 356 g/mol. The topological polar surface area (TPSA) is 38.7 Å². The molecule has 0 amide bonds. The van der Waals surface area contributed by atoms with Crippen LogP contribution in [0, 0.1) is 0 Å². The van der Waals surface area contributed by atoms with Gasteiger partial charge in [-0.2, -0.15) is 39.5 Å². The number of aliphatic hydroxyl groups is 1. The molecule has 0 aromatic rings. The van der Waals surface area contributed by atoms with Gasteiger partial charge in [-0.3, -0.25) is 0 Å². The van der Waals surface area contributed by atoms with Crippen molar-refractivity contribution in [1.29, 1.82) is 0 Å². The highest BCUT2D eigenvalue weighted by atomic mass is 28.4. The Hall–Kier alpha value is -0.533. The minimum Gasteiger partial charge on any atom is -0.387 e. The number of rotatable bonds is 4. The lowest BCUT2D eigenvalue weighted by Crippen LogP contribution is -2.41.